The molecule has 0 unspecified atom stereocenters. The Labute approximate surface area is 124 Å². The molecule has 1 rings (SSSR count). The summed E-state index contributed by atoms with van der Waals surface area (Å²) in [5.41, 5.74) is 0. The third-order valence-corrected chi connectivity index (χ3v) is 3.29. The lowest BCUT2D eigenvalue weighted by Gasteiger charge is -2.30. The molecule has 0 aromatic rings. The first kappa shape index (κ1) is 19.0. The van der Waals surface area contributed by atoms with E-state index in [9.17, 15) is 31.1 Å². The van der Waals surface area contributed by atoms with Crippen molar-refractivity contribution in [2.24, 2.45) is 0 Å². The molecule has 0 atom stereocenters. The number of hydrogen-bond donors (Lipinski definition) is 0. The van der Waals surface area contributed by atoms with Crippen LogP contribution in [0.3, 0.4) is 0 Å². The molecule has 0 bridgehead atoms. The lowest BCUT2D eigenvalue weighted by molar-refractivity contribution is -0.192. The summed E-state index contributed by atoms with van der Waals surface area (Å²) in [6, 6.07) is 0. The fraction of sp³-hybridized carbons (Fsp3) is 0.917. The predicted octanol–water partition coefficient (Wildman–Crippen LogP) is 1.70. The first-order valence-electron chi connectivity index (χ1n) is 6.66. The molecule has 1 heterocycles. The summed E-state index contributed by atoms with van der Waals surface area (Å²) in [5.74, 6) is -11.3. The number of halogens is 6. The average Bonchev–Trinajstić information content (AvgIpc) is 2.43. The monoisotopic (exact) mass is 336 g/mol. The van der Waals surface area contributed by atoms with Crippen LogP contribution < -0.4 is 0 Å². The molecule has 0 aromatic heterocycles. The van der Waals surface area contributed by atoms with E-state index >= 15 is 0 Å². The molecule has 0 aromatic carbocycles. The molecular weight excluding hydrogens is 318 g/mol. The van der Waals surface area contributed by atoms with Gasteiger partial charge in [0.15, 0.2) is 0 Å². The number of alkyl halides is 6. The van der Waals surface area contributed by atoms with E-state index in [1.807, 2.05) is 4.90 Å². The standard InChI is InChI=1S/C12H18F6N2O2/c1-19(2-3-20-4-6-22-7-5-20)10(21)12(17,18)8-11(15,16)9(13)14/h9H,2-8H2,1H3. The minimum atomic E-state index is -4.91. The van der Waals surface area contributed by atoms with Crippen molar-refractivity contribution < 1.29 is 35.9 Å². The largest absolute Gasteiger partial charge is 0.379 e. The SMILES string of the molecule is CN(CCN1CCOCC1)C(=O)C(F)(F)CC(F)(F)C(F)F. The topological polar surface area (TPSA) is 32.8 Å². The van der Waals surface area contributed by atoms with Crippen LogP contribution in [0.1, 0.15) is 6.42 Å². The van der Waals surface area contributed by atoms with Crippen molar-refractivity contribution in [1.82, 2.24) is 9.80 Å². The quantitative estimate of drug-likeness (QED) is 0.664. The van der Waals surface area contributed by atoms with Crippen molar-refractivity contribution in [3.8, 4) is 0 Å². The number of carbonyl (C=O) groups is 1. The van der Waals surface area contributed by atoms with Gasteiger partial charge in [0.1, 0.15) is 0 Å². The highest BCUT2D eigenvalue weighted by Gasteiger charge is 2.54. The zero-order chi connectivity index (χ0) is 17.0. The molecule has 0 aliphatic carbocycles. The van der Waals surface area contributed by atoms with Gasteiger partial charge in [-0.3, -0.25) is 9.69 Å². The van der Waals surface area contributed by atoms with Gasteiger partial charge in [-0.1, -0.05) is 0 Å². The molecule has 22 heavy (non-hydrogen) atoms. The van der Waals surface area contributed by atoms with Crippen LogP contribution in [-0.4, -0.2) is 80.4 Å². The number of ether oxygens (including phenoxy) is 1. The Morgan fingerprint density at radius 3 is 2.27 bits per heavy atom. The Morgan fingerprint density at radius 1 is 1.23 bits per heavy atom. The van der Waals surface area contributed by atoms with Gasteiger partial charge in [0.2, 0.25) is 0 Å². The van der Waals surface area contributed by atoms with Crippen LogP contribution >= 0.6 is 0 Å². The van der Waals surface area contributed by atoms with Gasteiger partial charge >= 0.3 is 18.3 Å². The molecule has 0 spiro atoms. The highest BCUT2D eigenvalue weighted by atomic mass is 19.3. The minimum absolute atomic E-state index is 0.116. The van der Waals surface area contributed by atoms with Crippen LogP contribution in [-0.2, 0) is 9.53 Å². The first-order valence-corrected chi connectivity index (χ1v) is 6.66. The molecule has 130 valence electrons. The maximum atomic E-state index is 13.5. The number of morpholine rings is 1. The molecular formula is C12H18F6N2O2. The minimum Gasteiger partial charge on any atom is -0.379 e. The summed E-state index contributed by atoms with van der Waals surface area (Å²) in [6.07, 6.45) is -6.75. The van der Waals surface area contributed by atoms with E-state index in [0.717, 1.165) is 7.05 Å². The zero-order valence-corrected chi connectivity index (χ0v) is 12.0. The maximum absolute atomic E-state index is 13.5. The Bertz CT molecular complexity index is 375. The fourth-order valence-electron chi connectivity index (χ4n) is 1.95. The van der Waals surface area contributed by atoms with Crippen LogP contribution in [0.15, 0.2) is 0 Å². The number of amides is 1. The molecule has 1 saturated heterocycles. The van der Waals surface area contributed by atoms with Gasteiger partial charge < -0.3 is 9.64 Å². The second kappa shape index (κ2) is 7.49. The predicted molar refractivity (Wildman–Crippen MR) is 65.4 cm³/mol. The Morgan fingerprint density at radius 2 is 1.77 bits per heavy atom. The first-order chi connectivity index (χ1) is 10.1. The summed E-state index contributed by atoms with van der Waals surface area (Å²) in [4.78, 5) is 13.9. The number of nitrogens with zero attached hydrogens (tertiary/aromatic N) is 2. The van der Waals surface area contributed by atoms with Crippen LogP contribution in [0.25, 0.3) is 0 Å². The van der Waals surface area contributed by atoms with Gasteiger partial charge in [-0.2, -0.15) is 8.78 Å². The van der Waals surface area contributed by atoms with Crippen molar-refractivity contribution >= 4 is 5.91 Å². The van der Waals surface area contributed by atoms with Crippen molar-refractivity contribution in [2.75, 3.05) is 46.4 Å². The Kier molecular flexibility index (Phi) is 6.48. The second-order valence-corrected chi connectivity index (χ2v) is 5.12. The van der Waals surface area contributed by atoms with Gasteiger partial charge in [-0.25, -0.2) is 17.6 Å². The molecule has 0 saturated carbocycles. The third-order valence-electron chi connectivity index (χ3n) is 3.29. The third kappa shape index (κ3) is 5.31. The fourth-order valence-corrected chi connectivity index (χ4v) is 1.95. The smallest absolute Gasteiger partial charge is 0.330 e. The highest BCUT2D eigenvalue weighted by Crippen LogP contribution is 2.35. The Hall–Kier alpha value is -1.03. The van der Waals surface area contributed by atoms with Gasteiger partial charge in [0.25, 0.3) is 5.91 Å². The van der Waals surface area contributed by atoms with Crippen LogP contribution in [0.2, 0.25) is 0 Å². The summed E-state index contributed by atoms with van der Waals surface area (Å²) < 4.78 is 81.4. The van der Waals surface area contributed by atoms with E-state index in [-0.39, 0.29) is 13.1 Å². The molecule has 0 N–H and O–H groups in total. The van der Waals surface area contributed by atoms with E-state index in [1.54, 1.807) is 0 Å². The highest BCUT2D eigenvalue weighted by molar-refractivity contribution is 5.83. The van der Waals surface area contributed by atoms with E-state index < -0.39 is 30.6 Å². The van der Waals surface area contributed by atoms with E-state index in [0.29, 0.717) is 31.2 Å². The number of likely N-dealkylation sites (N-methyl/N-ethyl adjacent to an activating group) is 1. The van der Waals surface area contributed by atoms with Crippen molar-refractivity contribution in [3.05, 3.63) is 0 Å². The summed E-state index contributed by atoms with van der Waals surface area (Å²) in [6.45, 7) is 2.26. The molecule has 4 nitrogen and oxygen atoms in total. The number of carbonyl (C=O) groups excluding carboxylic acids is 1. The van der Waals surface area contributed by atoms with E-state index in [1.165, 1.54) is 0 Å². The second-order valence-electron chi connectivity index (χ2n) is 5.12. The van der Waals surface area contributed by atoms with Gasteiger partial charge in [-0.05, 0) is 0 Å². The normalized spacial score (nSPS) is 17.8. The Balaban J connectivity index is 2.52. The lowest BCUT2D eigenvalue weighted by atomic mass is 10.1. The molecule has 1 amide bonds. The van der Waals surface area contributed by atoms with E-state index in [2.05, 4.69) is 0 Å². The maximum Gasteiger partial charge on any atom is 0.330 e. The van der Waals surface area contributed by atoms with Gasteiger partial charge in [0, 0.05) is 33.2 Å². The van der Waals surface area contributed by atoms with Crippen molar-refractivity contribution in [1.29, 1.82) is 0 Å². The van der Waals surface area contributed by atoms with Crippen LogP contribution in [0.4, 0.5) is 26.3 Å². The molecule has 1 fully saturated rings. The van der Waals surface area contributed by atoms with Crippen LogP contribution in [0, 0.1) is 0 Å². The zero-order valence-electron chi connectivity index (χ0n) is 12.0. The van der Waals surface area contributed by atoms with Crippen molar-refractivity contribution in [3.63, 3.8) is 0 Å². The molecule has 1 aliphatic rings. The average molecular weight is 336 g/mol. The summed E-state index contributed by atoms with van der Waals surface area (Å²) >= 11 is 0. The van der Waals surface area contributed by atoms with E-state index in [4.69, 9.17) is 4.74 Å². The van der Waals surface area contributed by atoms with Crippen molar-refractivity contribution in [2.45, 2.75) is 24.7 Å². The molecule has 0 radical (unpaired) electrons. The number of rotatable bonds is 7. The molecule has 10 heteroatoms. The summed E-state index contributed by atoms with van der Waals surface area (Å²) in [7, 11) is 1.03. The van der Waals surface area contributed by atoms with Gasteiger partial charge in [-0.15, -0.1) is 0 Å². The lowest BCUT2D eigenvalue weighted by Crippen LogP contribution is -2.49. The summed E-state index contributed by atoms with van der Waals surface area (Å²) in [5, 5.41) is 0. The number of hydrogen-bond acceptors (Lipinski definition) is 3. The molecule has 1 aliphatic heterocycles. The van der Waals surface area contributed by atoms with Gasteiger partial charge in [0.05, 0.1) is 19.6 Å². The van der Waals surface area contributed by atoms with Crippen LogP contribution in [0.5, 0.6) is 0 Å².